The number of methoxy groups -OCH3 is 8. The monoisotopic (exact) mass is 1180 g/mol. The van der Waals surface area contributed by atoms with Crippen molar-refractivity contribution in [3.63, 3.8) is 0 Å². The lowest BCUT2D eigenvalue weighted by molar-refractivity contribution is -0.940. The standard InChI is InChI=1S/C53H72N2O12.2HI/c1-54(22-18-38-32-48(62-7)50(64-9)34-40(38)42(54)28-36-14-16-44(58-3)46(30-36)60-5)24-20-52(56)66-26-12-11-13-27-67-53(57)21-25-55(2)23-19-39-33-49(63-8)51(65-10)35-41(39)43(55)29-37-15-17-45(59-4)47(31-37)61-6;;/h14-17,30-35,42-43H,11-13,18-29H2,1-10H3;2*1H/q+2;;/p-2. The van der Waals surface area contributed by atoms with Crippen molar-refractivity contribution in [2.24, 2.45) is 0 Å². The molecule has 4 atom stereocenters. The molecule has 0 saturated heterocycles. The molecular weight excluding hydrogens is 1110 g/mol. The Morgan fingerprint density at radius 2 is 0.797 bits per heavy atom. The predicted octanol–water partition coefficient (Wildman–Crippen LogP) is 2.07. The maximum atomic E-state index is 13.2. The summed E-state index contributed by atoms with van der Waals surface area (Å²) >= 11 is 0. The molecule has 0 saturated carbocycles. The van der Waals surface area contributed by atoms with E-state index in [1.165, 1.54) is 22.3 Å². The molecular formula is C53H72I2N2O12. The average molecular weight is 1180 g/mol. The van der Waals surface area contributed by atoms with Crippen molar-refractivity contribution in [3.05, 3.63) is 94.0 Å². The van der Waals surface area contributed by atoms with Crippen molar-refractivity contribution in [2.45, 2.75) is 69.9 Å². The molecule has 6 rings (SSSR count). The number of quaternary nitrogens is 2. The highest BCUT2D eigenvalue weighted by atomic mass is 127. The fourth-order valence-electron chi connectivity index (χ4n) is 9.91. The van der Waals surface area contributed by atoms with Crippen LogP contribution in [0.3, 0.4) is 0 Å². The third kappa shape index (κ3) is 13.9. The van der Waals surface area contributed by atoms with Crippen LogP contribution in [0.2, 0.25) is 0 Å². The molecule has 0 radical (unpaired) electrons. The summed E-state index contributed by atoms with van der Waals surface area (Å²) in [5, 5.41) is 0. The number of fused-ring (bicyclic) bond motifs is 2. The van der Waals surface area contributed by atoms with Crippen LogP contribution in [-0.4, -0.2) is 131 Å². The minimum atomic E-state index is -0.215. The van der Waals surface area contributed by atoms with Crippen LogP contribution in [0.5, 0.6) is 46.0 Å². The molecule has 2 heterocycles. The average Bonchev–Trinajstić information content (AvgIpc) is 3.35. The summed E-state index contributed by atoms with van der Waals surface area (Å²) < 4.78 is 57.8. The van der Waals surface area contributed by atoms with Gasteiger partial charge < -0.3 is 104 Å². The number of carbonyl (C=O) groups excluding carboxylic acids is 2. The van der Waals surface area contributed by atoms with Crippen LogP contribution in [-0.2, 0) is 44.7 Å². The first-order valence-electron chi connectivity index (χ1n) is 23.3. The van der Waals surface area contributed by atoms with E-state index in [-0.39, 0.29) is 72.0 Å². The Morgan fingerprint density at radius 3 is 1.14 bits per heavy atom. The van der Waals surface area contributed by atoms with Gasteiger partial charge in [-0.2, -0.15) is 0 Å². The molecule has 2 aliphatic rings. The Kier molecular flexibility index (Phi) is 22.1. The van der Waals surface area contributed by atoms with Gasteiger partial charge in [-0.15, -0.1) is 0 Å². The highest BCUT2D eigenvalue weighted by Gasteiger charge is 2.42. The zero-order valence-corrected chi connectivity index (χ0v) is 46.4. The van der Waals surface area contributed by atoms with Gasteiger partial charge in [0.25, 0.3) is 0 Å². The number of carbonyl (C=O) groups is 2. The predicted molar refractivity (Wildman–Crippen MR) is 255 cm³/mol. The second-order valence-corrected chi connectivity index (χ2v) is 18.0. The minimum Gasteiger partial charge on any atom is -1.00 e. The summed E-state index contributed by atoms with van der Waals surface area (Å²) in [5.41, 5.74) is 7.00. The van der Waals surface area contributed by atoms with E-state index in [2.05, 4.69) is 50.5 Å². The third-order valence-electron chi connectivity index (χ3n) is 14.0. The molecule has 0 bridgehead atoms. The number of ether oxygens (including phenoxy) is 10. The van der Waals surface area contributed by atoms with Crippen LogP contribution >= 0.6 is 0 Å². The number of unbranched alkanes of at least 4 members (excludes halogenated alkanes) is 2. The van der Waals surface area contributed by atoms with E-state index >= 15 is 0 Å². The SMILES string of the molecule is COc1ccc(CC2c3cc(OC)c(OC)cc3CC[N+]2(C)CCC(=O)OCCCCCOC(=O)CC[N+]2(C)CCc3cc(OC)c(OC)cc3C2Cc2ccc(OC)c(OC)c2)cc1OC.[I-].[I-]. The van der Waals surface area contributed by atoms with Gasteiger partial charge in [0.2, 0.25) is 0 Å². The van der Waals surface area contributed by atoms with Gasteiger partial charge in [0.15, 0.2) is 46.0 Å². The molecule has 4 aromatic carbocycles. The van der Waals surface area contributed by atoms with E-state index in [9.17, 15) is 9.59 Å². The lowest BCUT2D eigenvalue weighted by Crippen LogP contribution is -3.00. The first kappa shape index (κ1) is 57.2. The molecule has 69 heavy (non-hydrogen) atoms. The lowest BCUT2D eigenvalue weighted by atomic mass is 9.86. The summed E-state index contributed by atoms with van der Waals surface area (Å²) in [4.78, 5) is 26.4. The largest absolute Gasteiger partial charge is 1.00 e. The van der Waals surface area contributed by atoms with Gasteiger partial charge in [-0.05, 0) is 90.0 Å². The molecule has 0 spiro atoms. The molecule has 0 amide bonds. The van der Waals surface area contributed by atoms with Gasteiger partial charge in [-0.1, -0.05) is 12.1 Å². The smallest absolute Gasteiger partial charge is 0.311 e. The molecule has 14 nitrogen and oxygen atoms in total. The molecule has 4 unspecified atom stereocenters. The number of rotatable bonds is 24. The maximum Gasteiger partial charge on any atom is 0.311 e. The van der Waals surface area contributed by atoms with Crippen molar-refractivity contribution in [3.8, 4) is 46.0 Å². The molecule has 0 aliphatic carbocycles. The van der Waals surface area contributed by atoms with Crippen molar-refractivity contribution >= 4 is 11.9 Å². The van der Waals surface area contributed by atoms with Crippen LogP contribution in [0.1, 0.15) is 77.6 Å². The van der Waals surface area contributed by atoms with Gasteiger partial charge >= 0.3 is 11.9 Å². The summed E-state index contributed by atoms with van der Waals surface area (Å²) in [5.74, 6) is 5.06. The van der Waals surface area contributed by atoms with E-state index in [0.29, 0.717) is 107 Å². The fraction of sp³-hybridized carbons (Fsp3) is 0.509. The third-order valence-corrected chi connectivity index (χ3v) is 14.0. The lowest BCUT2D eigenvalue weighted by Gasteiger charge is -2.46. The van der Waals surface area contributed by atoms with E-state index < -0.39 is 0 Å². The van der Waals surface area contributed by atoms with Crippen molar-refractivity contribution < 1.29 is 114 Å². The Bertz CT molecular complexity index is 2170. The summed E-state index contributed by atoms with van der Waals surface area (Å²) in [6.45, 7) is 3.57. The van der Waals surface area contributed by atoms with E-state index in [1.54, 1.807) is 56.9 Å². The highest BCUT2D eigenvalue weighted by molar-refractivity contribution is 5.69. The highest BCUT2D eigenvalue weighted by Crippen LogP contribution is 2.45. The van der Waals surface area contributed by atoms with Crippen molar-refractivity contribution in [1.82, 2.24) is 0 Å². The summed E-state index contributed by atoms with van der Waals surface area (Å²) in [6, 6.07) is 20.5. The van der Waals surface area contributed by atoms with Crippen LogP contribution < -0.4 is 85.8 Å². The number of halogens is 2. The van der Waals surface area contributed by atoms with E-state index in [0.717, 1.165) is 56.3 Å². The minimum absolute atomic E-state index is 0. The molecule has 0 aromatic heterocycles. The van der Waals surface area contributed by atoms with Crippen LogP contribution in [0, 0.1) is 0 Å². The normalized spacial score (nSPS) is 19.0. The van der Waals surface area contributed by atoms with Crippen LogP contribution in [0.25, 0.3) is 0 Å². The van der Waals surface area contributed by atoms with Crippen molar-refractivity contribution in [2.75, 3.05) is 110 Å². The number of likely N-dealkylation sites (N-methyl/N-ethyl adjacent to an activating group) is 2. The Morgan fingerprint density at radius 1 is 0.464 bits per heavy atom. The maximum absolute atomic E-state index is 13.2. The molecule has 0 fully saturated rings. The fourth-order valence-corrected chi connectivity index (χ4v) is 9.91. The summed E-state index contributed by atoms with van der Waals surface area (Å²) in [6.07, 6.45) is 5.85. The van der Waals surface area contributed by atoms with Gasteiger partial charge in [0.05, 0.1) is 123 Å². The molecule has 0 N–H and O–H groups in total. The number of hydrogen-bond donors (Lipinski definition) is 0. The van der Waals surface area contributed by atoms with Gasteiger partial charge in [-0.25, -0.2) is 0 Å². The number of nitrogens with zero attached hydrogens (tertiary/aromatic N) is 2. The summed E-state index contributed by atoms with van der Waals surface area (Å²) in [7, 11) is 17.6. The number of esters is 2. The Balaban J connectivity index is 0.00000518. The first-order valence-corrected chi connectivity index (χ1v) is 23.3. The second-order valence-electron chi connectivity index (χ2n) is 18.0. The quantitative estimate of drug-likeness (QED) is 0.0442. The van der Waals surface area contributed by atoms with Gasteiger partial charge in [0.1, 0.15) is 12.1 Å². The van der Waals surface area contributed by atoms with E-state index in [4.69, 9.17) is 47.4 Å². The Hall–Kier alpha value is -4.40. The molecule has 4 aromatic rings. The van der Waals surface area contributed by atoms with Gasteiger partial charge in [-0.3, -0.25) is 9.59 Å². The second kappa shape index (κ2) is 26.7. The van der Waals surface area contributed by atoms with Crippen molar-refractivity contribution in [1.29, 1.82) is 0 Å². The molecule has 16 heteroatoms. The zero-order chi connectivity index (χ0) is 48.1. The number of hydrogen-bond acceptors (Lipinski definition) is 12. The van der Waals surface area contributed by atoms with E-state index in [1.807, 2.05) is 24.3 Å². The molecule has 380 valence electrons. The molecule has 2 aliphatic heterocycles. The van der Waals surface area contributed by atoms with Crippen LogP contribution in [0.15, 0.2) is 60.7 Å². The topological polar surface area (TPSA) is 126 Å². The Labute approximate surface area is 443 Å². The first-order chi connectivity index (χ1) is 32.4. The number of benzene rings is 4. The zero-order valence-electron chi connectivity index (χ0n) is 42.1. The van der Waals surface area contributed by atoms with Gasteiger partial charge in [0, 0.05) is 36.8 Å². The van der Waals surface area contributed by atoms with Crippen LogP contribution in [0.4, 0.5) is 0 Å².